The first-order valence-electron chi connectivity index (χ1n) is 12.6. The molecule has 0 atom stereocenters. The van der Waals surface area contributed by atoms with Crippen LogP contribution in [0.5, 0.6) is 5.75 Å². The number of rotatable bonds is 1. The van der Waals surface area contributed by atoms with Crippen LogP contribution in [0.1, 0.15) is 55.4 Å². The minimum absolute atomic E-state index is 0.346. The fourth-order valence-corrected chi connectivity index (χ4v) is 8.49. The number of para-hydroxylation sites is 1. The Morgan fingerprint density at radius 2 is 1.67 bits per heavy atom. The van der Waals surface area contributed by atoms with Crippen molar-refractivity contribution < 1.29 is 4.74 Å². The van der Waals surface area contributed by atoms with Crippen LogP contribution in [0, 0.1) is 0 Å². The van der Waals surface area contributed by atoms with E-state index < -0.39 is 0 Å². The van der Waals surface area contributed by atoms with E-state index in [9.17, 15) is 0 Å². The predicted molar refractivity (Wildman–Crippen MR) is 138 cm³/mol. The van der Waals surface area contributed by atoms with Crippen molar-refractivity contribution in [1.82, 2.24) is 0 Å². The fraction of sp³-hybridized carbons (Fsp3) is 0.310. The highest BCUT2D eigenvalue weighted by Crippen LogP contribution is 2.51. The van der Waals surface area contributed by atoms with Gasteiger partial charge in [0.1, 0.15) is 11.5 Å². The molecule has 0 unspecified atom stereocenters. The number of anilines is 3. The van der Waals surface area contributed by atoms with Crippen LogP contribution in [0.2, 0.25) is 0 Å². The maximum atomic E-state index is 6.73. The van der Waals surface area contributed by atoms with Gasteiger partial charge in [0.05, 0.1) is 5.00 Å². The standard InChI is InChI=1S/C29H26BNOS/c1-2-10-19(11-3-1)31-22-14-8-15-23-28(22)30(27-21-13-6-7-16-25(21)33-29(27)31)26-20-12-5-4-9-18(20)17-24(26)32-23/h1-3,8,10-11,14-15H,4-7,9,12-13,16-17H2. The maximum Gasteiger partial charge on any atom is 0.257 e. The zero-order valence-electron chi connectivity index (χ0n) is 18.8. The molecule has 162 valence electrons. The monoisotopic (exact) mass is 447 g/mol. The summed E-state index contributed by atoms with van der Waals surface area (Å²) >= 11 is 2.06. The molecule has 4 heteroatoms. The van der Waals surface area contributed by atoms with Crippen molar-refractivity contribution in [2.24, 2.45) is 0 Å². The summed E-state index contributed by atoms with van der Waals surface area (Å²) in [6.07, 6.45) is 11.3. The van der Waals surface area contributed by atoms with Crippen LogP contribution in [-0.4, -0.2) is 6.71 Å². The van der Waals surface area contributed by atoms with Crippen LogP contribution >= 0.6 is 11.3 Å². The van der Waals surface area contributed by atoms with Crippen molar-refractivity contribution in [3.8, 4) is 5.75 Å². The molecule has 0 N–H and O–H groups in total. The molecule has 2 aliphatic heterocycles. The van der Waals surface area contributed by atoms with E-state index in [1.807, 2.05) is 0 Å². The number of allylic oxidation sites excluding steroid dienone is 3. The van der Waals surface area contributed by atoms with E-state index in [-0.39, 0.29) is 0 Å². The number of fused-ring (bicyclic) bond motifs is 6. The average molecular weight is 447 g/mol. The molecule has 2 aromatic carbocycles. The lowest BCUT2D eigenvalue weighted by Crippen LogP contribution is -2.54. The highest BCUT2D eigenvalue weighted by atomic mass is 32.1. The van der Waals surface area contributed by atoms with Crippen LogP contribution < -0.4 is 20.6 Å². The molecule has 2 nitrogen and oxygen atoms in total. The zero-order chi connectivity index (χ0) is 21.5. The molecule has 0 radical (unpaired) electrons. The largest absolute Gasteiger partial charge is 0.462 e. The Hall–Kier alpha value is -2.72. The van der Waals surface area contributed by atoms with Crippen LogP contribution in [0.15, 0.2) is 70.9 Å². The van der Waals surface area contributed by atoms with Gasteiger partial charge in [0.25, 0.3) is 6.71 Å². The SMILES string of the molecule is c1ccc(N2c3cccc4c3B(C3=C(CC5=C3CCCC5)O4)c3c2sc2c3CCCC2)cc1. The molecule has 0 saturated carbocycles. The molecule has 0 spiro atoms. The highest BCUT2D eigenvalue weighted by Gasteiger charge is 2.48. The van der Waals surface area contributed by atoms with Crippen molar-refractivity contribution in [3.63, 3.8) is 0 Å². The quantitative estimate of drug-likeness (QED) is 0.396. The third-order valence-corrected chi connectivity index (χ3v) is 9.67. The van der Waals surface area contributed by atoms with E-state index in [1.54, 1.807) is 32.5 Å². The molecule has 0 amide bonds. The Bertz CT molecular complexity index is 1380. The summed E-state index contributed by atoms with van der Waals surface area (Å²) in [6.45, 7) is 0.346. The number of nitrogens with zero attached hydrogens (tertiary/aromatic N) is 1. The van der Waals surface area contributed by atoms with Gasteiger partial charge in [0.2, 0.25) is 0 Å². The van der Waals surface area contributed by atoms with E-state index in [2.05, 4.69) is 64.8 Å². The maximum absolute atomic E-state index is 6.73. The van der Waals surface area contributed by atoms with Gasteiger partial charge < -0.3 is 9.64 Å². The van der Waals surface area contributed by atoms with Gasteiger partial charge in [-0.3, -0.25) is 0 Å². The molecule has 3 aliphatic carbocycles. The summed E-state index contributed by atoms with van der Waals surface area (Å²) in [5.41, 5.74) is 12.1. The molecule has 0 fully saturated rings. The topological polar surface area (TPSA) is 12.5 Å². The minimum Gasteiger partial charge on any atom is -0.462 e. The van der Waals surface area contributed by atoms with Crippen LogP contribution in [-0.2, 0) is 12.8 Å². The third-order valence-electron chi connectivity index (χ3n) is 8.37. The number of aryl methyl sites for hydroxylation is 1. The van der Waals surface area contributed by atoms with E-state index in [0.29, 0.717) is 6.71 Å². The van der Waals surface area contributed by atoms with Crippen molar-refractivity contribution in [2.75, 3.05) is 4.90 Å². The normalized spacial score (nSPS) is 20.1. The first-order chi connectivity index (χ1) is 16.4. The van der Waals surface area contributed by atoms with Gasteiger partial charge in [-0.05, 0) is 103 Å². The Kier molecular flexibility index (Phi) is 3.90. The van der Waals surface area contributed by atoms with Gasteiger partial charge in [-0.2, -0.15) is 0 Å². The molecular weight excluding hydrogens is 421 g/mol. The number of thiophene rings is 1. The Morgan fingerprint density at radius 3 is 2.61 bits per heavy atom. The van der Waals surface area contributed by atoms with E-state index in [1.165, 1.54) is 79.0 Å². The first-order valence-corrected chi connectivity index (χ1v) is 13.4. The lowest BCUT2D eigenvalue weighted by atomic mass is 9.32. The van der Waals surface area contributed by atoms with Crippen LogP contribution in [0.3, 0.4) is 0 Å². The second-order valence-electron chi connectivity index (χ2n) is 10.1. The molecule has 5 aliphatic rings. The van der Waals surface area contributed by atoms with Gasteiger partial charge in [0.15, 0.2) is 0 Å². The lowest BCUT2D eigenvalue weighted by molar-refractivity contribution is 0.414. The Morgan fingerprint density at radius 1 is 0.818 bits per heavy atom. The second kappa shape index (κ2) is 6.90. The van der Waals surface area contributed by atoms with E-state index in [4.69, 9.17) is 4.74 Å². The van der Waals surface area contributed by atoms with E-state index in [0.717, 1.165) is 12.2 Å². The summed E-state index contributed by atoms with van der Waals surface area (Å²) in [5.74, 6) is 2.34. The average Bonchev–Trinajstić information content (AvgIpc) is 3.43. The predicted octanol–water partition coefficient (Wildman–Crippen LogP) is 6.48. The van der Waals surface area contributed by atoms with Crippen molar-refractivity contribution in [2.45, 2.75) is 57.8 Å². The van der Waals surface area contributed by atoms with Crippen molar-refractivity contribution in [1.29, 1.82) is 0 Å². The van der Waals surface area contributed by atoms with Crippen LogP contribution in [0.25, 0.3) is 0 Å². The molecule has 1 aromatic heterocycles. The Balaban J connectivity index is 1.44. The zero-order valence-corrected chi connectivity index (χ0v) is 19.6. The molecule has 8 rings (SSSR count). The van der Waals surface area contributed by atoms with Gasteiger partial charge in [-0.1, -0.05) is 29.8 Å². The third kappa shape index (κ3) is 2.51. The highest BCUT2D eigenvalue weighted by molar-refractivity contribution is 7.20. The Labute approximate surface area is 199 Å². The molecule has 3 heterocycles. The summed E-state index contributed by atoms with van der Waals surface area (Å²) < 4.78 is 6.73. The van der Waals surface area contributed by atoms with Crippen LogP contribution in [0.4, 0.5) is 16.4 Å². The molecular formula is C29H26BNOS. The molecule has 0 bridgehead atoms. The van der Waals surface area contributed by atoms with Crippen molar-refractivity contribution >= 4 is 45.4 Å². The number of ether oxygens (including phenoxy) is 1. The second-order valence-corrected chi connectivity index (χ2v) is 11.2. The molecule has 33 heavy (non-hydrogen) atoms. The van der Waals surface area contributed by atoms with E-state index >= 15 is 0 Å². The molecule has 3 aromatic rings. The summed E-state index contributed by atoms with van der Waals surface area (Å²) in [4.78, 5) is 4.17. The lowest BCUT2D eigenvalue weighted by Gasteiger charge is -2.39. The summed E-state index contributed by atoms with van der Waals surface area (Å²) in [6, 6.07) is 17.7. The van der Waals surface area contributed by atoms with Gasteiger partial charge in [-0.15, -0.1) is 11.3 Å². The molecule has 0 saturated heterocycles. The summed E-state index contributed by atoms with van der Waals surface area (Å²) in [5, 5.41) is 1.46. The van der Waals surface area contributed by atoms with Crippen molar-refractivity contribution in [3.05, 3.63) is 81.3 Å². The van der Waals surface area contributed by atoms with Gasteiger partial charge in [0, 0.05) is 22.7 Å². The summed E-state index contributed by atoms with van der Waals surface area (Å²) in [7, 11) is 0. The fourth-order valence-electron chi connectivity index (χ4n) is 7.03. The number of hydrogen-bond donors (Lipinski definition) is 0. The first kappa shape index (κ1) is 18.7. The van der Waals surface area contributed by atoms with Gasteiger partial charge >= 0.3 is 0 Å². The number of benzene rings is 2. The smallest absolute Gasteiger partial charge is 0.257 e. The minimum atomic E-state index is 0.346. The van der Waals surface area contributed by atoms with Gasteiger partial charge in [-0.25, -0.2) is 0 Å². The number of hydrogen-bond acceptors (Lipinski definition) is 3.